The molecule has 0 aromatic heterocycles. The third-order valence-electron chi connectivity index (χ3n) is 1.71. The summed E-state index contributed by atoms with van der Waals surface area (Å²) in [6.45, 7) is 0. The van der Waals surface area contributed by atoms with Crippen LogP contribution in [0.5, 0.6) is 0 Å². The molecule has 0 spiro atoms. The van der Waals surface area contributed by atoms with Crippen LogP contribution in [0.1, 0.15) is 16.5 Å². The van der Waals surface area contributed by atoms with E-state index < -0.39 is 17.1 Å². The van der Waals surface area contributed by atoms with Crippen LogP contribution in [0.3, 0.4) is 0 Å². The molecule has 0 saturated heterocycles. The smallest absolute Gasteiger partial charge is 0.166 e. The predicted octanol–water partition coefficient (Wildman–Crippen LogP) is 4.22. The van der Waals surface area contributed by atoms with Gasteiger partial charge in [-0.1, -0.05) is 18.2 Å². The Labute approximate surface area is 89.6 Å². The molecule has 0 N–H and O–H groups in total. The molecule has 5 heteroatoms. The molecule has 0 nitrogen and oxygen atoms in total. The van der Waals surface area contributed by atoms with Crippen LogP contribution < -0.4 is 0 Å². The summed E-state index contributed by atoms with van der Waals surface area (Å²) in [5.74, 6) is 0.0862. The highest BCUT2D eigenvalue weighted by Crippen LogP contribution is 2.32. The second-order valence-electron chi connectivity index (χ2n) is 2.75. The van der Waals surface area contributed by atoms with Gasteiger partial charge in [-0.25, -0.2) is 0 Å². The van der Waals surface area contributed by atoms with E-state index in [1.807, 2.05) is 0 Å². The zero-order valence-electron chi connectivity index (χ0n) is 6.98. The first-order valence-corrected chi connectivity index (χ1v) is 4.79. The van der Waals surface area contributed by atoms with Crippen molar-refractivity contribution in [2.75, 3.05) is 5.88 Å². The fourth-order valence-electron chi connectivity index (χ4n) is 0.999. The molecule has 1 aromatic carbocycles. The van der Waals surface area contributed by atoms with Gasteiger partial charge in [0.05, 0.1) is 10.9 Å². The molecule has 1 unspecified atom stereocenters. The Kier molecular flexibility index (Phi) is 3.67. The second-order valence-corrected chi connectivity index (χ2v) is 3.58. The first-order chi connectivity index (χ1) is 6.45. The van der Waals surface area contributed by atoms with Crippen molar-refractivity contribution in [3.05, 3.63) is 35.4 Å². The molecule has 1 atom stereocenters. The summed E-state index contributed by atoms with van der Waals surface area (Å²) >= 11 is 11.2. The van der Waals surface area contributed by atoms with Crippen molar-refractivity contribution in [3.8, 4) is 0 Å². The van der Waals surface area contributed by atoms with Gasteiger partial charge in [0.2, 0.25) is 0 Å². The number of rotatable bonds is 2. The number of benzene rings is 1. The Morgan fingerprint density at radius 1 is 1.29 bits per heavy atom. The molecule has 78 valence electrons. The number of alkyl halides is 5. The van der Waals surface area contributed by atoms with Crippen LogP contribution in [-0.4, -0.2) is 5.88 Å². The number of hydrogen-bond acceptors (Lipinski definition) is 0. The topological polar surface area (TPSA) is 0 Å². The number of halogens is 5. The Balaban J connectivity index is 3.01. The van der Waals surface area contributed by atoms with Crippen LogP contribution in [0.25, 0.3) is 0 Å². The lowest BCUT2D eigenvalue weighted by Crippen LogP contribution is -2.05. The van der Waals surface area contributed by atoms with E-state index in [2.05, 4.69) is 0 Å². The van der Waals surface area contributed by atoms with Crippen molar-refractivity contribution < 1.29 is 13.2 Å². The van der Waals surface area contributed by atoms with Gasteiger partial charge in [-0.2, -0.15) is 13.2 Å². The van der Waals surface area contributed by atoms with Crippen molar-refractivity contribution in [2.45, 2.75) is 11.6 Å². The maximum absolute atomic E-state index is 12.3. The maximum Gasteiger partial charge on any atom is 0.416 e. The van der Waals surface area contributed by atoms with Crippen LogP contribution in [-0.2, 0) is 6.18 Å². The van der Waals surface area contributed by atoms with Gasteiger partial charge in [-0.05, 0) is 11.6 Å². The average Bonchev–Trinajstić information content (AvgIpc) is 2.15. The first-order valence-electron chi connectivity index (χ1n) is 3.82. The van der Waals surface area contributed by atoms with Gasteiger partial charge in [0.1, 0.15) is 0 Å². The van der Waals surface area contributed by atoms with E-state index in [1.165, 1.54) is 12.1 Å². The molecule has 0 aliphatic rings. The van der Waals surface area contributed by atoms with E-state index in [4.69, 9.17) is 23.2 Å². The molecule has 0 amide bonds. The fourth-order valence-corrected chi connectivity index (χ4v) is 1.31. The second kappa shape index (κ2) is 4.41. The van der Waals surface area contributed by atoms with E-state index in [0.717, 1.165) is 12.1 Å². The highest BCUT2D eigenvalue weighted by molar-refractivity contribution is 6.28. The van der Waals surface area contributed by atoms with E-state index in [-0.39, 0.29) is 5.88 Å². The van der Waals surface area contributed by atoms with Crippen molar-refractivity contribution >= 4 is 23.2 Å². The summed E-state index contributed by atoms with van der Waals surface area (Å²) in [5.41, 5.74) is -0.317. The molecule has 0 saturated carbocycles. The van der Waals surface area contributed by atoms with Gasteiger partial charge in [0.15, 0.2) is 0 Å². The predicted molar refractivity (Wildman–Crippen MR) is 50.8 cm³/mol. The molecular formula is C9H7Cl2F3. The summed E-state index contributed by atoms with van der Waals surface area (Å²) in [5, 5.41) is -0.584. The summed E-state index contributed by atoms with van der Waals surface area (Å²) in [6.07, 6.45) is -4.33. The third kappa shape index (κ3) is 2.79. The quantitative estimate of drug-likeness (QED) is 0.682. The van der Waals surface area contributed by atoms with Gasteiger partial charge in [-0.3, -0.25) is 0 Å². The first kappa shape index (κ1) is 11.7. The Bertz CT molecular complexity index is 309. The van der Waals surface area contributed by atoms with Crippen LogP contribution in [0.2, 0.25) is 0 Å². The lowest BCUT2D eigenvalue weighted by atomic mass is 10.1. The maximum atomic E-state index is 12.3. The highest BCUT2D eigenvalue weighted by atomic mass is 35.5. The van der Waals surface area contributed by atoms with Crippen molar-refractivity contribution in [3.63, 3.8) is 0 Å². The van der Waals surface area contributed by atoms with Crippen LogP contribution in [0.4, 0.5) is 13.2 Å². The van der Waals surface area contributed by atoms with Gasteiger partial charge in [-0.15, -0.1) is 23.2 Å². The molecule has 0 radical (unpaired) electrons. The summed E-state index contributed by atoms with van der Waals surface area (Å²) < 4.78 is 36.8. The van der Waals surface area contributed by atoms with Crippen molar-refractivity contribution in [2.24, 2.45) is 0 Å². The van der Waals surface area contributed by atoms with E-state index in [1.54, 1.807) is 0 Å². The van der Waals surface area contributed by atoms with Crippen molar-refractivity contribution in [1.82, 2.24) is 0 Å². The Morgan fingerprint density at radius 2 is 1.93 bits per heavy atom. The summed E-state index contributed by atoms with van der Waals surface area (Å²) in [6, 6.07) is 4.86. The largest absolute Gasteiger partial charge is 0.416 e. The van der Waals surface area contributed by atoms with Crippen LogP contribution in [0.15, 0.2) is 24.3 Å². The zero-order chi connectivity index (χ0) is 10.8. The average molecular weight is 243 g/mol. The number of hydrogen-bond donors (Lipinski definition) is 0. The standard InChI is InChI=1S/C9H7Cl2F3/c10-5-8(11)6-2-1-3-7(4-6)9(12,13)14/h1-4,8H,5H2. The lowest BCUT2D eigenvalue weighted by Gasteiger charge is -2.10. The monoisotopic (exact) mass is 242 g/mol. The van der Waals surface area contributed by atoms with E-state index in [9.17, 15) is 13.2 Å². The van der Waals surface area contributed by atoms with E-state index >= 15 is 0 Å². The zero-order valence-corrected chi connectivity index (χ0v) is 8.50. The molecule has 0 aliphatic heterocycles. The van der Waals surface area contributed by atoms with Crippen LogP contribution in [0, 0.1) is 0 Å². The highest BCUT2D eigenvalue weighted by Gasteiger charge is 2.30. The Hall–Kier alpha value is -0.410. The molecule has 0 bridgehead atoms. The van der Waals surface area contributed by atoms with Crippen molar-refractivity contribution in [1.29, 1.82) is 0 Å². The van der Waals surface area contributed by atoms with Gasteiger partial charge >= 0.3 is 6.18 Å². The molecule has 1 aromatic rings. The summed E-state index contributed by atoms with van der Waals surface area (Å²) in [7, 11) is 0. The SMILES string of the molecule is FC(F)(F)c1cccc(C(Cl)CCl)c1. The molecule has 0 fully saturated rings. The summed E-state index contributed by atoms with van der Waals surface area (Å²) in [4.78, 5) is 0. The molecule has 0 heterocycles. The van der Waals surface area contributed by atoms with E-state index in [0.29, 0.717) is 5.56 Å². The van der Waals surface area contributed by atoms with Gasteiger partial charge in [0.25, 0.3) is 0 Å². The fraction of sp³-hybridized carbons (Fsp3) is 0.333. The minimum atomic E-state index is -4.33. The van der Waals surface area contributed by atoms with Crippen LogP contribution >= 0.6 is 23.2 Å². The molecule has 14 heavy (non-hydrogen) atoms. The molecular weight excluding hydrogens is 236 g/mol. The minimum Gasteiger partial charge on any atom is -0.166 e. The molecule has 1 rings (SSSR count). The normalized spacial score (nSPS) is 14.1. The van der Waals surface area contributed by atoms with Gasteiger partial charge in [0, 0.05) is 5.88 Å². The minimum absolute atomic E-state index is 0.0862. The lowest BCUT2D eigenvalue weighted by molar-refractivity contribution is -0.137. The van der Waals surface area contributed by atoms with Gasteiger partial charge < -0.3 is 0 Å². The third-order valence-corrected chi connectivity index (χ3v) is 2.58. The Morgan fingerprint density at radius 3 is 2.43 bits per heavy atom. The molecule has 0 aliphatic carbocycles.